The van der Waals surface area contributed by atoms with Gasteiger partial charge in [-0.3, -0.25) is 0 Å². The first-order valence-corrected chi connectivity index (χ1v) is 3.10. The van der Waals surface area contributed by atoms with E-state index in [1.165, 1.54) is 0 Å². The second-order valence-electron chi connectivity index (χ2n) is 0.718. The van der Waals surface area contributed by atoms with Gasteiger partial charge in [-0.05, 0) is 0 Å². The number of thioether (sulfide) groups is 1. The van der Waals surface area contributed by atoms with Crippen LogP contribution in [-0.2, 0) is 0 Å². The molecule has 0 nitrogen and oxygen atoms in total. The molecule has 0 aromatic carbocycles. The van der Waals surface area contributed by atoms with E-state index in [9.17, 15) is 0 Å². The van der Waals surface area contributed by atoms with Crippen molar-refractivity contribution in [3.8, 4) is 0 Å². The number of hydrogen-bond donors (Lipinski definition) is 0. The lowest BCUT2D eigenvalue weighted by atomic mass is 10.8. The van der Waals surface area contributed by atoms with Crippen molar-refractivity contribution in [3.05, 3.63) is 12.7 Å². The molecular formula is C4H6S2. The summed E-state index contributed by atoms with van der Waals surface area (Å²) in [6.45, 7) is 3.51. The van der Waals surface area contributed by atoms with Crippen LogP contribution in [0.2, 0.25) is 0 Å². The third kappa shape index (κ3) is 4.18. The molecule has 0 aromatic rings. The Bertz CT molecular complexity index is 41.5. The zero-order valence-corrected chi connectivity index (χ0v) is 5.02. The van der Waals surface area contributed by atoms with Gasteiger partial charge >= 0.3 is 0 Å². The fourth-order valence-electron chi connectivity index (χ4n) is 0.107. The minimum atomic E-state index is 0.934. The standard InChI is InChI=1S/C4H6S2/c1-2-3-6-4-5/h2,4H,1,3H2. The zero-order chi connectivity index (χ0) is 4.83. The van der Waals surface area contributed by atoms with Crippen LogP contribution in [0.4, 0.5) is 0 Å². The third-order valence-corrected chi connectivity index (χ3v) is 1.25. The summed E-state index contributed by atoms with van der Waals surface area (Å²) in [4.78, 5) is 0. The molecule has 0 aromatic heterocycles. The molecule has 0 saturated carbocycles. The van der Waals surface area contributed by atoms with E-state index in [4.69, 9.17) is 0 Å². The van der Waals surface area contributed by atoms with Crippen LogP contribution in [0, 0.1) is 0 Å². The molecule has 0 saturated heterocycles. The fourth-order valence-corrected chi connectivity index (χ4v) is 0.558. The van der Waals surface area contributed by atoms with Crippen LogP contribution in [0.1, 0.15) is 0 Å². The largest absolute Gasteiger partial charge is 0.118 e. The molecule has 0 spiro atoms. The minimum absolute atomic E-state index is 0.934. The second kappa shape index (κ2) is 5.18. The van der Waals surface area contributed by atoms with E-state index in [0.29, 0.717) is 0 Å². The van der Waals surface area contributed by atoms with E-state index in [2.05, 4.69) is 18.8 Å². The zero-order valence-electron chi connectivity index (χ0n) is 3.39. The Morgan fingerprint density at radius 1 is 1.83 bits per heavy atom. The molecule has 0 radical (unpaired) electrons. The average Bonchev–Trinajstić information content (AvgIpc) is 1.61. The molecule has 0 N–H and O–H groups in total. The van der Waals surface area contributed by atoms with Gasteiger partial charge in [-0.2, -0.15) is 0 Å². The van der Waals surface area contributed by atoms with Gasteiger partial charge in [0.2, 0.25) is 0 Å². The summed E-state index contributed by atoms with van der Waals surface area (Å²) < 4.78 is 1.64. The van der Waals surface area contributed by atoms with Gasteiger partial charge in [-0.1, -0.05) is 18.3 Å². The van der Waals surface area contributed by atoms with Crippen molar-refractivity contribution < 1.29 is 0 Å². The van der Waals surface area contributed by atoms with Crippen LogP contribution in [0.5, 0.6) is 0 Å². The maximum Gasteiger partial charge on any atom is 0.0344 e. The van der Waals surface area contributed by atoms with Gasteiger partial charge in [0.25, 0.3) is 0 Å². The summed E-state index contributed by atoms with van der Waals surface area (Å²) in [5, 5.41) is 0. The van der Waals surface area contributed by atoms with Gasteiger partial charge in [-0.15, -0.1) is 18.3 Å². The van der Waals surface area contributed by atoms with Crippen LogP contribution in [0.15, 0.2) is 12.7 Å². The summed E-state index contributed by atoms with van der Waals surface area (Å²) in [5.74, 6) is 0.934. The van der Waals surface area contributed by atoms with Crippen molar-refractivity contribution in [2.45, 2.75) is 0 Å². The Kier molecular flexibility index (Phi) is 5.34. The molecule has 0 bridgehead atoms. The molecule has 0 aliphatic carbocycles. The normalized spacial score (nSPS) is 7.33. The lowest BCUT2D eigenvalue weighted by Crippen LogP contribution is -1.61. The highest BCUT2D eigenvalue weighted by molar-refractivity contribution is 8.20. The summed E-state index contributed by atoms with van der Waals surface area (Å²) in [5.41, 5.74) is 0. The maximum atomic E-state index is 4.51. The Hall–Kier alpha value is 0.180. The molecule has 0 unspecified atom stereocenters. The first-order valence-electron chi connectivity index (χ1n) is 1.58. The minimum Gasteiger partial charge on any atom is -0.118 e. The highest BCUT2D eigenvalue weighted by atomic mass is 32.2. The molecule has 2 heteroatoms. The van der Waals surface area contributed by atoms with Crippen LogP contribution < -0.4 is 0 Å². The molecule has 0 amide bonds. The lowest BCUT2D eigenvalue weighted by molar-refractivity contribution is 1.84. The third-order valence-electron chi connectivity index (χ3n) is 0.282. The predicted octanol–water partition coefficient (Wildman–Crippen LogP) is 1.86. The molecule has 0 atom stereocenters. The number of rotatable bonds is 3. The predicted molar refractivity (Wildman–Crippen MR) is 36.3 cm³/mol. The van der Waals surface area contributed by atoms with E-state index >= 15 is 0 Å². The van der Waals surface area contributed by atoms with Gasteiger partial charge in [0.05, 0.1) is 0 Å². The van der Waals surface area contributed by atoms with E-state index in [1.807, 2.05) is 6.08 Å². The average molecular weight is 118 g/mol. The quantitative estimate of drug-likeness (QED) is 0.315. The van der Waals surface area contributed by atoms with Crippen LogP contribution in [-0.4, -0.2) is 10.5 Å². The summed E-state index contributed by atoms with van der Waals surface area (Å²) in [7, 11) is 0. The lowest BCUT2D eigenvalue weighted by Gasteiger charge is -1.75. The van der Waals surface area contributed by atoms with E-state index in [1.54, 1.807) is 16.5 Å². The van der Waals surface area contributed by atoms with Crippen molar-refractivity contribution in [2.24, 2.45) is 0 Å². The van der Waals surface area contributed by atoms with Gasteiger partial charge in [0.15, 0.2) is 0 Å². The highest BCUT2D eigenvalue weighted by Crippen LogP contribution is 1.91. The van der Waals surface area contributed by atoms with E-state index in [-0.39, 0.29) is 0 Å². The molecule has 0 fully saturated rings. The monoisotopic (exact) mass is 118 g/mol. The molecule has 6 heavy (non-hydrogen) atoms. The Morgan fingerprint density at radius 3 is 2.67 bits per heavy atom. The van der Waals surface area contributed by atoms with Crippen molar-refractivity contribution in [1.29, 1.82) is 0 Å². The van der Waals surface area contributed by atoms with Crippen LogP contribution >= 0.6 is 24.0 Å². The number of hydrogen-bond acceptors (Lipinski definition) is 2. The molecule has 34 valence electrons. The Labute approximate surface area is 47.6 Å². The molecular weight excluding hydrogens is 112 g/mol. The topological polar surface area (TPSA) is 0 Å². The van der Waals surface area contributed by atoms with Gasteiger partial charge in [0, 0.05) is 10.5 Å². The van der Waals surface area contributed by atoms with Crippen molar-refractivity contribution in [2.75, 3.05) is 5.75 Å². The van der Waals surface area contributed by atoms with Crippen LogP contribution in [0.3, 0.4) is 0 Å². The van der Waals surface area contributed by atoms with E-state index < -0.39 is 0 Å². The molecule has 0 aliphatic rings. The smallest absolute Gasteiger partial charge is 0.0344 e. The SMILES string of the molecule is C=CCSC=S. The van der Waals surface area contributed by atoms with Crippen molar-refractivity contribution in [1.82, 2.24) is 0 Å². The number of thiocarbonyl (C=S) groups is 1. The molecule has 0 aliphatic heterocycles. The Morgan fingerprint density at radius 2 is 2.50 bits per heavy atom. The first-order chi connectivity index (χ1) is 2.91. The first kappa shape index (κ1) is 6.18. The fraction of sp³-hybridized carbons (Fsp3) is 0.250. The van der Waals surface area contributed by atoms with Crippen molar-refractivity contribution in [3.63, 3.8) is 0 Å². The molecule has 0 heterocycles. The van der Waals surface area contributed by atoms with Gasteiger partial charge in [0.1, 0.15) is 0 Å². The summed E-state index contributed by atoms with van der Waals surface area (Å²) in [6.07, 6.45) is 1.83. The van der Waals surface area contributed by atoms with Crippen LogP contribution in [0.25, 0.3) is 0 Å². The summed E-state index contributed by atoms with van der Waals surface area (Å²) in [6, 6.07) is 0. The second-order valence-corrected chi connectivity index (χ2v) is 2.15. The molecule has 0 rings (SSSR count). The Balaban J connectivity index is 2.66. The maximum absolute atomic E-state index is 4.51. The van der Waals surface area contributed by atoms with Crippen molar-refractivity contribution >= 4 is 28.7 Å². The van der Waals surface area contributed by atoms with Gasteiger partial charge in [-0.25, -0.2) is 0 Å². The van der Waals surface area contributed by atoms with E-state index in [0.717, 1.165) is 5.75 Å². The van der Waals surface area contributed by atoms with Gasteiger partial charge < -0.3 is 0 Å². The summed E-state index contributed by atoms with van der Waals surface area (Å²) >= 11 is 6.09. The highest BCUT2D eigenvalue weighted by Gasteiger charge is 1.67.